The first-order chi connectivity index (χ1) is 8.94. The summed E-state index contributed by atoms with van der Waals surface area (Å²) in [6, 6.07) is 11.5. The molecule has 19 heavy (non-hydrogen) atoms. The Bertz CT molecular complexity index is 619. The molecule has 0 saturated heterocycles. The number of hydrogen-bond donors (Lipinski definition) is 2. The second-order valence-corrected chi connectivity index (χ2v) is 7.06. The molecule has 1 heterocycles. The summed E-state index contributed by atoms with van der Waals surface area (Å²) in [6.07, 6.45) is 1.14. The van der Waals surface area contributed by atoms with Crippen molar-refractivity contribution in [1.29, 1.82) is 0 Å². The SMILES string of the molecule is CC(Nc1ccc(NS(C)(=O)=O)cc1)c1cccs1. The van der Waals surface area contributed by atoms with Crippen LogP contribution in [-0.2, 0) is 10.0 Å². The molecule has 0 aliphatic heterocycles. The Kier molecular flexibility index (Phi) is 4.11. The highest BCUT2D eigenvalue weighted by Gasteiger charge is 2.06. The zero-order chi connectivity index (χ0) is 13.9. The minimum Gasteiger partial charge on any atom is -0.378 e. The van der Waals surface area contributed by atoms with Crippen molar-refractivity contribution in [2.75, 3.05) is 16.3 Å². The first-order valence-electron chi connectivity index (χ1n) is 5.82. The molecule has 0 spiro atoms. The molecule has 6 heteroatoms. The van der Waals surface area contributed by atoms with Crippen molar-refractivity contribution in [3.63, 3.8) is 0 Å². The monoisotopic (exact) mass is 296 g/mol. The molecule has 0 fully saturated rings. The Balaban J connectivity index is 2.03. The molecule has 1 aromatic carbocycles. The van der Waals surface area contributed by atoms with E-state index in [4.69, 9.17) is 0 Å². The van der Waals surface area contributed by atoms with E-state index < -0.39 is 10.0 Å². The van der Waals surface area contributed by atoms with Crippen LogP contribution in [0, 0.1) is 0 Å². The van der Waals surface area contributed by atoms with Gasteiger partial charge < -0.3 is 5.32 Å². The summed E-state index contributed by atoms with van der Waals surface area (Å²) in [5, 5.41) is 5.42. The molecule has 0 bridgehead atoms. The minimum absolute atomic E-state index is 0.230. The highest BCUT2D eigenvalue weighted by atomic mass is 32.2. The number of hydrogen-bond acceptors (Lipinski definition) is 4. The quantitative estimate of drug-likeness (QED) is 0.890. The number of nitrogens with one attached hydrogen (secondary N) is 2. The number of sulfonamides is 1. The van der Waals surface area contributed by atoms with E-state index in [2.05, 4.69) is 23.0 Å². The van der Waals surface area contributed by atoms with Crippen LogP contribution in [0.1, 0.15) is 17.8 Å². The summed E-state index contributed by atoms with van der Waals surface area (Å²) < 4.78 is 24.6. The summed E-state index contributed by atoms with van der Waals surface area (Å²) in [5.74, 6) is 0. The predicted molar refractivity (Wildman–Crippen MR) is 81.3 cm³/mol. The van der Waals surface area contributed by atoms with Crippen LogP contribution < -0.4 is 10.0 Å². The largest absolute Gasteiger partial charge is 0.378 e. The molecule has 1 unspecified atom stereocenters. The van der Waals surface area contributed by atoms with Gasteiger partial charge in [0.1, 0.15) is 0 Å². The molecule has 102 valence electrons. The Morgan fingerprint density at radius 3 is 2.26 bits per heavy atom. The lowest BCUT2D eigenvalue weighted by Gasteiger charge is -2.14. The zero-order valence-electron chi connectivity index (χ0n) is 10.8. The third-order valence-corrected chi connectivity index (χ3v) is 4.20. The maximum absolute atomic E-state index is 11.1. The Morgan fingerprint density at radius 1 is 1.11 bits per heavy atom. The van der Waals surface area contributed by atoms with Gasteiger partial charge >= 0.3 is 0 Å². The van der Waals surface area contributed by atoms with Crippen molar-refractivity contribution >= 4 is 32.7 Å². The van der Waals surface area contributed by atoms with Crippen LogP contribution in [0.15, 0.2) is 41.8 Å². The van der Waals surface area contributed by atoms with Gasteiger partial charge in [0.05, 0.1) is 12.3 Å². The van der Waals surface area contributed by atoms with Crippen LogP contribution in [-0.4, -0.2) is 14.7 Å². The number of anilines is 2. The van der Waals surface area contributed by atoms with Crippen LogP contribution in [0.5, 0.6) is 0 Å². The van der Waals surface area contributed by atoms with Gasteiger partial charge in [0.2, 0.25) is 10.0 Å². The topological polar surface area (TPSA) is 58.2 Å². The Morgan fingerprint density at radius 2 is 1.74 bits per heavy atom. The van der Waals surface area contributed by atoms with Crippen LogP contribution in [0.3, 0.4) is 0 Å². The lowest BCUT2D eigenvalue weighted by Crippen LogP contribution is -2.09. The van der Waals surface area contributed by atoms with Gasteiger partial charge in [0.25, 0.3) is 0 Å². The van der Waals surface area contributed by atoms with Gasteiger partial charge in [-0.3, -0.25) is 4.72 Å². The van der Waals surface area contributed by atoms with Crippen molar-refractivity contribution in [3.8, 4) is 0 Å². The van der Waals surface area contributed by atoms with Gasteiger partial charge in [-0.15, -0.1) is 11.3 Å². The van der Waals surface area contributed by atoms with E-state index in [1.54, 1.807) is 23.5 Å². The fraction of sp³-hybridized carbons (Fsp3) is 0.231. The molecule has 1 atom stereocenters. The Labute approximate surface area is 117 Å². The summed E-state index contributed by atoms with van der Waals surface area (Å²) in [7, 11) is -3.22. The molecule has 0 radical (unpaired) electrons. The highest BCUT2D eigenvalue weighted by molar-refractivity contribution is 7.92. The standard InChI is InChI=1S/C13H16N2O2S2/c1-10(13-4-3-9-18-13)14-11-5-7-12(8-6-11)15-19(2,16)17/h3-10,14-15H,1-2H3. The first kappa shape index (κ1) is 13.9. The molecule has 2 N–H and O–H groups in total. The van der Waals surface area contributed by atoms with Crippen LogP contribution in [0.25, 0.3) is 0 Å². The summed E-state index contributed by atoms with van der Waals surface area (Å²) in [5.41, 5.74) is 1.52. The third-order valence-electron chi connectivity index (χ3n) is 2.54. The summed E-state index contributed by atoms with van der Waals surface area (Å²) >= 11 is 1.71. The predicted octanol–water partition coefficient (Wildman–Crippen LogP) is 3.29. The lowest BCUT2D eigenvalue weighted by molar-refractivity contribution is 0.607. The molecule has 0 amide bonds. The van der Waals surface area contributed by atoms with Gasteiger partial charge in [0, 0.05) is 16.3 Å². The molecule has 1 aromatic heterocycles. The van der Waals surface area contributed by atoms with E-state index in [1.807, 2.05) is 23.6 Å². The van der Waals surface area contributed by atoms with E-state index >= 15 is 0 Å². The van der Waals surface area contributed by atoms with Gasteiger partial charge in [-0.25, -0.2) is 8.42 Å². The fourth-order valence-corrected chi connectivity index (χ4v) is 3.01. The van der Waals surface area contributed by atoms with Gasteiger partial charge in [0.15, 0.2) is 0 Å². The summed E-state index contributed by atoms with van der Waals surface area (Å²) in [6.45, 7) is 2.09. The molecule has 2 rings (SSSR count). The van der Waals surface area contributed by atoms with Gasteiger partial charge in [-0.2, -0.15) is 0 Å². The third kappa shape index (κ3) is 4.25. The second kappa shape index (κ2) is 5.63. The second-order valence-electron chi connectivity index (χ2n) is 4.33. The first-order valence-corrected chi connectivity index (χ1v) is 8.59. The van der Waals surface area contributed by atoms with E-state index in [9.17, 15) is 8.42 Å². The molecular weight excluding hydrogens is 280 g/mol. The van der Waals surface area contributed by atoms with Gasteiger partial charge in [-0.05, 0) is 42.6 Å². The number of benzene rings is 1. The number of rotatable bonds is 5. The smallest absolute Gasteiger partial charge is 0.229 e. The summed E-state index contributed by atoms with van der Waals surface area (Å²) in [4.78, 5) is 1.26. The lowest BCUT2D eigenvalue weighted by atomic mass is 10.2. The molecule has 0 saturated carbocycles. The molecule has 4 nitrogen and oxygen atoms in total. The highest BCUT2D eigenvalue weighted by Crippen LogP contribution is 2.24. The van der Waals surface area contributed by atoms with Crippen molar-refractivity contribution in [1.82, 2.24) is 0 Å². The van der Waals surface area contributed by atoms with Crippen molar-refractivity contribution in [2.24, 2.45) is 0 Å². The van der Waals surface area contributed by atoms with Crippen molar-refractivity contribution in [2.45, 2.75) is 13.0 Å². The van der Waals surface area contributed by atoms with Crippen molar-refractivity contribution < 1.29 is 8.42 Å². The van der Waals surface area contributed by atoms with Crippen LogP contribution in [0.2, 0.25) is 0 Å². The van der Waals surface area contributed by atoms with E-state index in [1.165, 1.54) is 4.88 Å². The molecule has 2 aromatic rings. The van der Waals surface area contributed by atoms with Crippen LogP contribution in [0.4, 0.5) is 11.4 Å². The molecule has 0 aliphatic rings. The zero-order valence-corrected chi connectivity index (χ0v) is 12.4. The molecule has 0 aliphatic carbocycles. The maximum Gasteiger partial charge on any atom is 0.229 e. The van der Waals surface area contributed by atoms with Crippen molar-refractivity contribution in [3.05, 3.63) is 46.7 Å². The normalized spacial score (nSPS) is 12.9. The van der Waals surface area contributed by atoms with Crippen LogP contribution >= 0.6 is 11.3 Å². The minimum atomic E-state index is -3.22. The number of thiophene rings is 1. The molecular formula is C13H16N2O2S2. The fourth-order valence-electron chi connectivity index (χ4n) is 1.71. The average Bonchev–Trinajstić information content (AvgIpc) is 2.83. The average molecular weight is 296 g/mol. The maximum atomic E-state index is 11.1. The van der Waals surface area contributed by atoms with E-state index in [-0.39, 0.29) is 6.04 Å². The van der Waals surface area contributed by atoms with E-state index in [0.29, 0.717) is 5.69 Å². The van der Waals surface area contributed by atoms with Gasteiger partial charge in [-0.1, -0.05) is 6.07 Å². The van der Waals surface area contributed by atoms with E-state index in [0.717, 1.165) is 11.9 Å². The Hall–Kier alpha value is -1.53.